The molecule has 4 aromatic rings. The Morgan fingerprint density at radius 3 is 2.11 bits per heavy atom. The number of carbonyl (C=O) groups excluding carboxylic acids is 2. The zero-order valence-electron chi connectivity index (χ0n) is 20.8. The largest absolute Gasteiger partial charge is 0.325 e. The van der Waals surface area contributed by atoms with E-state index in [0.29, 0.717) is 23.5 Å². The van der Waals surface area contributed by atoms with Gasteiger partial charge in [0.2, 0.25) is 0 Å². The Hall–Kier alpha value is -4.39. The molecule has 188 valence electrons. The van der Waals surface area contributed by atoms with Crippen LogP contribution < -0.4 is 10.6 Å². The summed E-state index contributed by atoms with van der Waals surface area (Å²) in [7, 11) is 0. The second kappa shape index (κ2) is 11.6. The second-order valence-electron chi connectivity index (χ2n) is 9.31. The molecule has 2 N–H and O–H groups in total. The van der Waals surface area contributed by atoms with Crippen molar-refractivity contribution in [3.8, 4) is 11.1 Å². The van der Waals surface area contributed by atoms with Crippen molar-refractivity contribution >= 4 is 23.3 Å². The molecule has 0 spiro atoms. The molecule has 0 aliphatic carbocycles. The minimum Gasteiger partial charge on any atom is -0.325 e. The maximum atomic E-state index is 13.2. The van der Waals surface area contributed by atoms with Crippen molar-refractivity contribution in [2.45, 2.75) is 32.2 Å². The molecule has 7 nitrogen and oxygen atoms in total. The average molecular weight is 494 g/mol. The van der Waals surface area contributed by atoms with Crippen molar-refractivity contribution in [1.82, 2.24) is 14.7 Å². The lowest BCUT2D eigenvalue weighted by molar-refractivity contribution is 0.102. The third-order valence-corrected chi connectivity index (χ3v) is 6.63. The molecule has 1 saturated heterocycles. The SMILES string of the molecule is O=C(Nc1ccc(NC(=O)N2CCCCCC2)cc1)c1ccccc1-c1ccc(Cn2cccn2)cc1. The lowest BCUT2D eigenvalue weighted by Gasteiger charge is -2.20. The minimum atomic E-state index is -0.183. The Morgan fingerprint density at radius 2 is 1.43 bits per heavy atom. The van der Waals surface area contributed by atoms with Gasteiger partial charge in [-0.05, 0) is 65.9 Å². The topological polar surface area (TPSA) is 79.3 Å². The fourth-order valence-electron chi connectivity index (χ4n) is 4.62. The highest BCUT2D eigenvalue weighted by atomic mass is 16.2. The molecule has 3 aromatic carbocycles. The number of hydrogen-bond acceptors (Lipinski definition) is 3. The smallest absolute Gasteiger partial charge is 0.321 e. The normalized spacial score (nSPS) is 13.6. The maximum Gasteiger partial charge on any atom is 0.321 e. The summed E-state index contributed by atoms with van der Waals surface area (Å²) in [5.74, 6) is -0.183. The first-order valence-corrected chi connectivity index (χ1v) is 12.8. The summed E-state index contributed by atoms with van der Waals surface area (Å²) in [6.07, 6.45) is 8.16. The van der Waals surface area contributed by atoms with Crippen LogP contribution in [-0.4, -0.2) is 39.7 Å². The predicted octanol–water partition coefficient (Wildman–Crippen LogP) is 6.26. The van der Waals surface area contributed by atoms with Crippen LogP contribution in [0.1, 0.15) is 41.6 Å². The summed E-state index contributed by atoms with van der Waals surface area (Å²) in [5.41, 5.74) is 4.96. The average Bonchev–Trinajstić information content (AvgIpc) is 3.28. The minimum absolute atomic E-state index is 0.0664. The van der Waals surface area contributed by atoms with Crippen LogP contribution in [-0.2, 0) is 6.54 Å². The summed E-state index contributed by atoms with van der Waals surface area (Å²) < 4.78 is 1.88. The number of likely N-dealkylation sites (tertiary alicyclic amines) is 1. The number of benzene rings is 3. The van der Waals surface area contributed by atoms with E-state index in [9.17, 15) is 9.59 Å². The van der Waals surface area contributed by atoms with Gasteiger partial charge in [-0.3, -0.25) is 9.48 Å². The molecule has 7 heteroatoms. The molecular formula is C30H31N5O2. The zero-order valence-corrected chi connectivity index (χ0v) is 20.8. The molecule has 0 radical (unpaired) electrons. The maximum absolute atomic E-state index is 13.2. The van der Waals surface area contributed by atoms with Crippen LogP contribution >= 0.6 is 0 Å². The van der Waals surface area contributed by atoms with Gasteiger partial charge in [-0.1, -0.05) is 55.3 Å². The van der Waals surface area contributed by atoms with Crippen molar-refractivity contribution < 1.29 is 9.59 Å². The van der Waals surface area contributed by atoms with Gasteiger partial charge in [0.15, 0.2) is 0 Å². The molecule has 3 amide bonds. The van der Waals surface area contributed by atoms with E-state index in [-0.39, 0.29) is 11.9 Å². The van der Waals surface area contributed by atoms with E-state index in [1.165, 1.54) is 12.8 Å². The van der Waals surface area contributed by atoms with Crippen LogP contribution in [0.2, 0.25) is 0 Å². The highest BCUT2D eigenvalue weighted by Crippen LogP contribution is 2.26. The summed E-state index contributed by atoms with van der Waals surface area (Å²) in [4.78, 5) is 27.6. The molecule has 2 heterocycles. The van der Waals surface area contributed by atoms with Crippen molar-refractivity contribution in [3.05, 3.63) is 102 Å². The van der Waals surface area contributed by atoms with Gasteiger partial charge in [-0.15, -0.1) is 0 Å². The number of aromatic nitrogens is 2. The summed E-state index contributed by atoms with van der Waals surface area (Å²) >= 11 is 0. The van der Waals surface area contributed by atoms with Crippen LogP contribution in [0.15, 0.2) is 91.3 Å². The number of anilines is 2. The number of amides is 3. The molecule has 1 aliphatic rings. The van der Waals surface area contributed by atoms with Crippen LogP contribution in [0.25, 0.3) is 11.1 Å². The second-order valence-corrected chi connectivity index (χ2v) is 9.31. The van der Waals surface area contributed by atoms with E-state index in [4.69, 9.17) is 0 Å². The van der Waals surface area contributed by atoms with Crippen LogP contribution in [0.4, 0.5) is 16.2 Å². The van der Waals surface area contributed by atoms with E-state index < -0.39 is 0 Å². The van der Waals surface area contributed by atoms with Gasteiger partial charge in [-0.2, -0.15) is 5.10 Å². The fourth-order valence-corrected chi connectivity index (χ4v) is 4.62. The first-order valence-electron chi connectivity index (χ1n) is 12.8. The number of hydrogen-bond donors (Lipinski definition) is 2. The lowest BCUT2D eigenvalue weighted by Crippen LogP contribution is -2.35. The van der Waals surface area contributed by atoms with Gasteiger partial charge in [0.25, 0.3) is 5.91 Å². The van der Waals surface area contributed by atoms with Gasteiger partial charge >= 0.3 is 6.03 Å². The van der Waals surface area contributed by atoms with E-state index >= 15 is 0 Å². The lowest BCUT2D eigenvalue weighted by atomic mass is 9.98. The van der Waals surface area contributed by atoms with E-state index in [1.807, 2.05) is 82.5 Å². The molecule has 5 rings (SSSR count). The van der Waals surface area contributed by atoms with E-state index in [2.05, 4.69) is 27.9 Å². The molecule has 1 fully saturated rings. The van der Waals surface area contributed by atoms with Crippen molar-refractivity contribution in [1.29, 1.82) is 0 Å². The Bertz CT molecular complexity index is 1320. The Morgan fingerprint density at radius 1 is 0.757 bits per heavy atom. The molecule has 37 heavy (non-hydrogen) atoms. The van der Waals surface area contributed by atoms with Crippen molar-refractivity contribution in [2.75, 3.05) is 23.7 Å². The molecular weight excluding hydrogens is 462 g/mol. The Balaban J connectivity index is 1.23. The van der Waals surface area contributed by atoms with Crippen LogP contribution in [0, 0.1) is 0 Å². The predicted molar refractivity (Wildman–Crippen MR) is 147 cm³/mol. The third-order valence-electron chi connectivity index (χ3n) is 6.63. The highest BCUT2D eigenvalue weighted by molar-refractivity contribution is 6.08. The van der Waals surface area contributed by atoms with Gasteiger partial charge in [0, 0.05) is 42.4 Å². The fraction of sp³-hybridized carbons (Fsp3) is 0.233. The first kappa shape index (κ1) is 24.3. The van der Waals surface area contributed by atoms with Gasteiger partial charge in [0.1, 0.15) is 0 Å². The van der Waals surface area contributed by atoms with Crippen molar-refractivity contribution in [2.24, 2.45) is 0 Å². The molecule has 0 atom stereocenters. The molecule has 1 aromatic heterocycles. The number of urea groups is 1. The van der Waals surface area contributed by atoms with Crippen LogP contribution in [0.3, 0.4) is 0 Å². The van der Waals surface area contributed by atoms with Crippen LogP contribution in [0.5, 0.6) is 0 Å². The van der Waals surface area contributed by atoms with Gasteiger partial charge < -0.3 is 15.5 Å². The zero-order chi connectivity index (χ0) is 25.5. The van der Waals surface area contributed by atoms with Gasteiger partial charge in [-0.25, -0.2) is 4.79 Å². The number of rotatable bonds is 6. The number of nitrogens with zero attached hydrogens (tertiary/aromatic N) is 3. The summed E-state index contributed by atoms with van der Waals surface area (Å²) in [5, 5.41) is 10.2. The highest BCUT2D eigenvalue weighted by Gasteiger charge is 2.16. The Kier molecular flexibility index (Phi) is 7.60. The quantitative estimate of drug-likeness (QED) is 0.333. The third kappa shape index (κ3) is 6.25. The van der Waals surface area contributed by atoms with E-state index in [1.54, 1.807) is 6.20 Å². The Labute approximate surface area is 217 Å². The van der Waals surface area contributed by atoms with Gasteiger partial charge in [0.05, 0.1) is 6.54 Å². The molecule has 0 saturated carbocycles. The summed E-state index contributed by atoms with van der Waals surface area (Å²) in [6, 6.07) is 24.9. The molecule has 1 aliphatic heterocycles. The monoisotopic (exact) mass is 493 g/mol. The molecule has 0 unspecified atom stereocenters. The van der Waals surface area contributed by atoms with E-state index in [0.717, 1.165) is 42.6 Å². The standard InChI is InChI=1S/C30H31N5O2/c36-29(32-25-14-16-26(17-15-25)33-30(37)34-19-5-1-2-6-20-34)28-9-4-3-8-27(28)24-12-10-23(11-13-24)22-35-21-7-18-31-35/h3-4,7-18,21H,1-2,5-6,19-20,22H2,(H,32,36)(H,33,37). The molecule has 0 bridgehead atoms. The number of nitrogens with one attached hydrogen (secondary N) is 2. The first-order chi connectivity index (χ1) is 18.2. The summed E-state index contributed by atoms with van der Waals surface area (Å²) in [6.45, 7) is 2.29. The van der Waals surface area contributed by atoms with Crippen molar-refractivity contribution in [3.63, 3.8) is 0 Å². The number of carbonyl (C=O) groups is 2.